The van der Waals surface area contributed by atoms with E-state index in [4.69, 9.17) is 9.47 Å². The first kappa shape index (κ1) is 18.5. The molecule has 2 atom stereocenters. The van der Waals surface area contributed by atoms with Crippen molar-refractivity contribution in [2.24, 2.45) is 16.8 Å². The van der Waals surface area contributed by atoms with E-state index in [0.717, 1.165) is 57.1 Å². The second-order valence-corrected chi connectivity index (χ2v) is 6.76. The van der Waals surface area contributed by atoms with Gasteiger partial charge >= 0.3 is 0 Å². The molecule has 0 saturated carbocycles. The molecule has 0 aliphatic carbocycles. The Balaban J connectivity index is 1.63. The molecular weight excluding hydrogens is 290 g/mol. The van der Waals surface area contributed by atoms with Gasteiger partial charge in [0.2, 0.25) is 0 Å². The molecule has 2 heterocycles. The van der Waals surface area contributed by atoms with Crippen LogP contribution in [-0.4, -0.2) is 63.5 Å². The number of guanidine groups is 1. The predicted octanol–water partition coefficient (Wildman–Crippen LogP) is 2.52. The minimum Gasteiger partial charge on any atom is -0.377 e. The molecule has 2 saturated heterocycles. The maximum absolute atomic E-state index is 5.71. The molecule has 5 nitrogen and oxygen atoms in total. The molecule has 5 heteroatoms. The number of likely N-dealkylation sites (tertiary alicyclic amines) is 1. The Bertz CT molecular complexity index is 352. The molecule has 0 bridgehead atoms. The fraction of sp³-hybridized carbons (Fsp3) is 0.944. The van der Waals surface area contributed by atoms with Crippen LogP contribution in [0.15, 0.2) is 4.99 Å². The fourth-order valence-corrected chi connectivity index (χ4v) is 3.88. The van der Waals surface area contributed by atoms with Gasteiger partial charge in [0, 0.05) is 33.3 Å². The molecule has 2 aliphatic heterocycles. The average molecular weight is 325 g/mol. The zero-order valence-corrected chi connectivity index (χ0v) is 15.2. The summed E-state index contributed by atoms with van der Waals surface area (Å²) >= 11 is 0. The molecule has 134 valence electrons. The highest BCUT2D eigenvalue weighted by molar-refractivity contribution is 5.80. The normalized spacial score (nSPS) is 25.6. The van der Waals surface area contributed by atoms with Crippen LogP contribution in [0.4, 0.5) is 0 Å². The molecule has 0 aromatic heterocycles. The van der Waals surface area contributed by atoms with Gasteiger partial charge in [0.1, 0.15) is 0 Å². The fourth-order valence-electron chi connectivity index (χ4n) is 3.88. The van der Waals surface area contributed by atoms with Gasteiger partial charge in [-0.05, 0) is 31.1 Å². The minimum absolute atomic E-state index is 0.314. The molecule has 1 N–H and O–H groups in total. The zero-order valence-electron chi connectivity index (χ0n) is 15.2. The third-order valence-electron chi connectivity index (χ3n) is 5.31. The average Bonchev–Trinajstić information content (AvgIpc) is 3.24. The third-order valence-corrected chi connectivity index (χ3v) is 5.31. The van der Waals surface area contributed by atoms with E-state index in [1.807, 2.05) is 7.05 Å². The van der Waals surface area contributed by atoms with Gasteiger partial charge in [-0.15, -0.1) is 0 Å². The second-order valence-electron chi connectivity index (χ2n) is 6.76. The first-order chi connectivity index (χ1) is 11.3. The van der Waals surface area contributed by atoms with Crippen LogP contribution in [0.2, 0.25) is 0 Å². The molecule has 23 heavy (non-hydrogen) atoms. The molecule has 2 rings (SSSR count). The first-order valence-corrected chi connectivity index (χ1v) is 9.43. The van der Waals surface area contributed by atoms with Crippen LogP contribution < -0.4 is 5.32 Å². The van der Waals surface area contributed by atoms with E-state index in [1.54, 1.807) is 0 Å². The standard InChI is InChI=1S/C18H35N3O2/c1-4-15(5-2)16-8-10-21(13-16)18(19-3)20-9-12-22-14-17-7-6-11-23-17/h15-17H,4-14H2,1-3H3,(H,19,20). The highest BCUT2D eigenvalue weighted by atomic mass is 16.5. The van der Waals surface area contributed by atoms with Crippen molar-refractivity contribution >= 4 is 5.96 Å². The summed E-state index contributed by atoms with van der Waals surface area (Å²) in [5.74, 6) is 2.70. The van der Waals surface area contributed by atoms with E-state index in [9.17, 15) is 0 Å². The van der Waals surface area contributed by atoms with Crippen LogP contribution >= 0.6 is 0 Å². The molecule has 2 aliphatic rings. The number of aliphatic imine (C=N–C) groups is 1. The SMILES string of the molecule is CCC(CC)C1CCN(C(=NC)NCCOCC2CCCO2)C1. The van der Waals surface area contributed by atoms with E-state index >= 15 is 0 Å². The maximum Gasteiger partial charge on any atom is 0.193 e. The van der Waals surface area contributed by atoms with Gasteiger partial charge in [0.15, 0.2) is 5.96 Å². The number of nitrogens with zero attached hydrogens (tertiary/aromatic N) is 2. The summed E-state index contributed by atoms with van der Waals surface area (Å²) in [5.41, 5.74) is 0. The van der Waals surface area contributed by atoms with Crippen molar-refractivity contribution < 1.29 is 9.47 Å². The highest BCUT2D eigenvalue weighted by Crippen LogP contribution is 2.28. The van der Waals surface area contributed by atoms with Gasteiger partial charge in [0.05, 0.1) is 19.3 Å². The Kier molecular flexibility index (Phi) is 8.17. The van der Waals surface area contributed by atoms with Crippen molar-refractivity contribution in [3.05, 3.63) is 0 Å². The predicted molar refractivity (Wildman–Crippen MR) is 94.9 cm³/mol. The van der Waals surface area contributed by atoms with Gasteiger partial charge in [0.25, 0.3) is 0 Å². The van der Waals surface area contributed by atoms with Crippen LogP contribution in [0.3, 0.4) is 0 Å². The van der Waals surface area contributed by atoms with Crippen molar-refractivity contribution in [1.29, 1.82) is 0 Å². The summed E-state index contributed by atoms with van der Waals surface area (Å²) in [5, 5.41) is 3.44. The van der Waals surface area contributed by atoms with Crippen molar-refractivity contribution in [2.75, 3.05) is 46.5 Å². The van der Waals surface area contributed by atoms with Gasteiger partial charge in [-0.25, -0.2) is 0 Å². The Labute approximate surface area is 141 Å². The van der Waals surface area contributed by atoms with Crippen molar-refractivity contribution in [1.82, 2.24) is 10.2 Å². The van der Waals surface area contributed by atoms with Crippen LogP contribution in [0.1, 0.15) is 46.0 Å². The lowest BCUT2D eigenvalue weighted by Crippen LogP contribution is -2.41. The van der Waals surface area contributed by atoms with E-state index in [-0.39, 0.29) is 0 Å². The highest BCUT2D eigenvalue weighted by Gasteiger charge is 2.29. The Morgan fingerprint density at radius 3 is 2.83 bits per heavy atom. The molecule has 0 spiro atoms. The number of rotatable bonds is 8. The second kappa shape index (κ2) is 10.1. The molecule has 2 fully saturated rings. The monoisotopic (exact) mass is 325 g/mol. The minimum atomic E-state index is 0.314. The molecule has 0 amide bonds. The number of nitrogens with one attached hydrogen (secondary N) is 1. The van der Waals surface area contributed by atoms with Gasteiger partial charge in [-0.3, -0.25) is 4.99 Å². The van der Waals surface area contributed by atoms with E-state index in [0.29, 0.717) is 12.7 Å². The van der Waals surface area contributed by atoms with E-state index in [1.165, 1.54) is 25.7 Å². The number of ether oxygens (including phenoxy) is 2. The lowest BCUT2D eigenvalue weighted by atomic mass is 9.87. The Morgan fingerprint density at radius 2 is 2.17 bits per heavy atom. The number of hydrogen-bond donors (Lipinski definition) is 1. The van der Waals surface area contributed by atoms with Crippen LogP contribution in [0, 0.1) is 11.8 Å². The van der Waals surface area contributed by atoms with Gasteiger partial charge in [-0.1, -0.05) is 26.7 Å². The Morgan fingerprint density at radius 1 is 1.35 bits per heavy atom. The molecule has 0 aromatic carbocycles. The lowest BCUT2D eigenvalue weighted by molar-refractivity contribution is 0.0190. The topological polar surface area (TPSA) is 46.1 Å². The van der Waals surface area contributed by atoms with E-state index in [2.05, 4.69) is 29.1 Å². The lowest BCUT2D eigenvalue weighted by Gasteiger charge is -2.24. The van der Waals surface area contributed by atoms with Crippen LogP contribution in [0.5, 0.6) is 0 Å². The first-order valence-electron chi connectivity index (χ1n) is 9.43. The zero-order chi connectivity index (χ0) is 16.5. The summed E-state index contributed by atoms with van der Waals surface area (Å²) in [6, 6.07) is 0. The van der Waals surface area contributed by atoms with Gasteiger partial charge in [-0.2, -0.15) is 0 Å². The summed E-state index contributed by atoms with van der Waals surface area (Å²) in [4.78, 5) is 6.85. The smallest absolute Gasteiger partial charge is 0.193 e. The van der Waals surface area contributed by atoms with Crippen molar-refractivity contribution in [3.63, 3.8) is 0 Å². The van der Waals surface area contributed by atoms with E-state index < -0.39 is 0 Å². The van der Waals surface area contributed by atoms with Gasteiger partial charge < -0.3 is 19.7 Å². The molecule has 2 unspecified atom stereocenters. The maximum atomic E-state index is 5.71. The molecular formula is C18H35N3O2. The quantitative estimate of drug-likeness (QED) is 0.423. The summed E-state index contributed by atoms with van der Waals surface area (Å²) in [6.07, 6.45) is 6.50. The summed E-state index contributed by atoms with van der Waals surface area (Å²) in [6.45, 7) is 10.0. The van der Waals surface area contributed by atoms with Crippen LogP contribution in [0.25, 0.3) is 0 Å². The molecule has 0 radical (unpaired) electrons. The third kappa shape index (κ3) is 5.64. The number of hydrogen-bond acceptors (Lipinski definition) is 3. The summed E-state index contributed by atoms with van der Waals surface area (Å²) in [7, 11) is 1.88. The molecule has 0 aromatic rings. The largest absolute Gasteiger partial charge is 0.377 e. The van der Waals surface area contributed by atoms with Crippen molar-refractivity contribution in [3.8, 4) is 0 Å². The van der Waals surface area contributed by atoms with Crippen molar-refractivity contribution in [2.45, 2.75) is 52.1 Å². The Hall–Kier alpha value is -0.810. The summed E-state index contributed by atoms with van der Waals surface area (Å²) < 4.78 is 11.3. The van der Waals surface area contributed by atoms with Crippen LogP contribution in [-0.2, 0) is 9.47 Å².